The Kier molecular flexibility index (Phi) is 4.47. The fourth-order valence-corrected chi connectivity index (χ4v) is 2.31. The Morgan fingerprint density at radius 3 is 2.75 bits per heavy atom. The molecule has 0 unspecified atom stereocenters. The standard InChI is InChI=1S/C13H16F4N2O/c1-20-12-6-11(13(15,16)17)9(7-18-12)2-4-19-5-3-10(14)8-19/h6-7,10H,2-5,8H2,1H3/t10-/m1/s1. The number of rotatable bonds is 4. The van der Waals surface area contributed by atoms with Gasteiger partial charge in [0, 0.05) is 31.9 Å². The molecule has 1 fully saturated rings. The van der Waals surface area contributed by atoms with E-state index >= 15 is 0 Å². The predicted octanol–water partition coefficient (Wildman–Crippen LogP) is 2.70. The summed E-state index contributed by atoms with van der Waals surface area (Å²) >= 11 is 0. The summed E-state index contributed by atoms with van der Waals surface area (Å²) in [5.74, 6) is -0.0638. The Morgan fingerprint density at radius 2 is 2.20 bits per heavy atom. The second-order valence-electron chi connectivity index (χ2n) is 4.82. The van der Waals surface area contributed by atoms with E-state index in [0.29, 0.717) is 26.1 Å². The van der Waals surface area contributed by atoms with Crippen LogP contribution in [0.5, 0.6) is 5.88 Å². The maximum Gasteiger partial charge on any atom is 0.416 e. The highest BCUT2D eigenvalue weighted by Crippen LogP contribution is 2.33. The van der Waals surface area contributed by atoms with E-state index in [2.05, 4.69) is 4.98 Å². The molecule has 20 heavy (non-hydrogen) atoms. The van der Waals surface area contributed by atoms with Crippen LogP contribution in [0.2, 0.25) is 0 Å². The molecule has 1 aliphatic rings. The van der Waals surface area contributed by atoms with Crippen LogP contribution < -0.4 is 4.74 Å². The maximum atomic E-state index is 13.0. The van der Waals surface area contributed by atoms with E-state index in [4.69, 9.17) is 4.74 Å². The topological polar surface area (TPSA) is 25.4 Å². The number of alkyl halides is 4. The van der Waals surface area contributed by atoms with Crippen LogP contribution in [-0.4, -0.2) is 42.8 Å². The van der Waals surface area contributed by atoms with Gasteiger partial charge in [-0.25, -0.2) is 9.37 Å². The second-order valence-corrected chi connectivity index (χ2v) is 4.82. The Balaban J connectivity index is 2.10. The number of ether oxygens (including phenoxy) is 1. The average molecular weight is 292 g/mol. The molecule has 112 valence electrons. The highest BCUT2D eigenvalue weighted by Gasteiger charge is 2.34. The fourth-order valence-electron chi connectivity index (χ4n) is 2.31. The number of hydrogen-bond acceptors (Lipinski definition) is 3. The van der Waals surface area contributed by atoms with Crippen molar-refractivity contribution in [1.29, 1.82) is 0 Å². The van der Waals surface area contributed by atoms with Gasteiger partial charge in [0.25, 0.3) is 0 Å². The molecule has 0 amide bonds. The third-order valence-electron chi connectivity index (χ3n) is 3.39. The summed E-state index contributed by atoms with van der Waals surface area (Å²) in [4.78, 5) is 5.65. The second kappa shape index (κ2) is 5.95. The molecule has 1 aromatic rings. The van der Waals surface area contributed by atoms with Gasteiger partial charge in [-0.1, -0.05) is 0 Å². The summed E-state index contributed by atoms with van der Waals surface area (Å²) < 4.78 is 56.7. The zero-order valence-corrected chi connectivity index (χ0v) is 11.1. The van der Waals surface area contributed by atoms with Crippen LogP contribution in [0, 0.1) is 0 Å². The summed E-state index contributed by atoms with van der Waals surface area (Å²) in [6.07, 6.45) is -3.49. The van der Waals surface area contributed by atoms with Gasteiger partial charge in [0.1, 0.15) is 6.17 Å². The number of likely N-dealkylation sites (tertiary alicyclic amines) is 1. The molecule has 1 aliphatic heterocycles. The summed E-state index contributed by atoms with van der Waals surface area (Å²) in [5, 5.41) is 0. The van der Waals surface area contributed by atoms with Crippen LogP contribution >= 0.6 is 0 Å². The Hall–Kier alpha value is -1.37. The van der Waals surface area contributed by atoms with Crippen LogP contribution in [-0.2, 0) is 12.6 Å². The monoisotopic (exact) mass is 292 g/mol. The van der Waals surface area contributed by atoms with Crippen molar-refractivity contribution >= 4 is 0 Å². The highest BCUT2D eigenvalue weighted by atomic mass is 19.4. The van der Waals surface area contributed by atoms with Crippen molar-refractivity contribution in [2.75, 3.05) is 26.7 Å². The molecule has 0 N–H and O–H groups in total. The third kappa shape index (κ3) is 3.59. The molecule has 1 saturated heterocycles. The number of aromatic nitrogens is 1. The lowest BCUT2D eigenvalue weighted by Gasteiger charge is -2.17. The molecule has 0 bridgehead atoms. The quantitative estimate of drug-likeness (QED) is 0.798. The number of hydrogen-bond donors (Lipinski definition) is 0. The van der Waals surface area contributed by atoms with Gasteiger partial charge in [-0.05, 0) is 18.4 Å². The fraction of sp³-hybridized carbons (Fsp3) is 0.615. The van der Waals surface area contributed by atoms with Gasteiger partial charge in [-0.2, -0.15) is 13.2 Å². The summed E-state index contributed by atoms with van der Waals surface area (Å²) in [7, 11) is 1.27. The van der Waals surface area contributed by atoms with E-state index in [-0.39, 0.29) is 17.9 Å². The molecule has 1 atom stereocenters. The van der Waals surface area contributed by atoms with Gasteiger partial charge in [0.05, 0.1) is 12.7 Å². The van der Waals surface area contributed by atoms with Gasteiger partial charge < -0.3 is 9.64 Å². The summed E-state index contributed by atoms with van der Waals surface area (Å²) in [6.45, 7) is 1.29. The first-order chi connectivity index (χ1) is 9.40. The number of nitrogens with zero attached hydrogens (tertiary/aromatic N) is 2. The SMILES string of the molecule is COc1cc(C(F)(F)F)c(CCN2CC[C@@H](F)C2)cn1. The van der Waals surface area contributed by atoms with Crippen molar-refractivity contribution in [2.45, 2.75) is 25.2 Å². The van der Waals surface area contributed by atoms with E-state index in [1.165, 1.54) is 13.3 Å². The minimum atomic E-state index is -4.45. The van der Waals surface area contributed by atoms with Crippen molar-refractivity contribution in [1.82, 2.24) is 9.88 Å². The molecular weight excluding hydrogens is 276 g/mol. The molecule has 2 rings (SSSR count). The van der Waals surface area contributed by atoms with Gasteiger partial charge in [-0.3, -0.25) is 0 Å². The van der Waals surface area contributed by atoms with Crippen LogP contribution in [0.4, 0.5) is 17.6 Å². The molecule has 0 aromatic carbocycles. The average Bonchev–Trinajstić information content (AvgIpc) is 2.81. The Morgan fingerprint density at radius 1 is 1.45 bits per heavy atom. The number of pyridine rings is 1. The molecule has 0 aliphatic carbocycles. The summed E-state index contributed by atoms with van der Waals surface area (Å²) in [6, 6.07) is 0.900. The van der Waals surface area contributed by atoms with Crippen LogP contribution in [0.25, 0.3) is 0 Å². The van der Waals surface area contributed by atoms with Crippen molar-refractivity contribution in [3.05, 3.63) is 23.4 Å². The molecular formula is C13H16F4N2O. The normalized spacial score (nSPS) is 20.4. The lowest BCUT2D eigenvalue weighted by atomic mass is 10.1. The van der Waals surface area contributed by atoms with Crippen molar-refractivity contribution in [3.8, 4) is 5.88 Å². The summed E-state index contributed by atoms with van der Waals surface area (Å²) in [5.41, 5.74) is -0.624. The first-order valence-corrected chi connectivity index (χ1v) is 6.36. The van der Waals surface area contributed by atoms with E-state index in [1.807, 2.05) is 4.90 Å². The first kappa shape index (κ1) is 15.0. The third-order valence-corrected chi connectivity index (χ3v) is 3.39. The van der Waals surface area contributed by atoms with Crippen LogP contribution in [0.15, 0.2) is 12.3 Å². The van der Waals surface area contributed by atoms with E-state index < -0.39 is 17.9 Å². The van der Waals surface area contributed by atoms with Crippen molar-refractivity contribution in [3.63, 3.8) is 0 Å². The molecule has 3 nitrogen and oxygen atoms in total. The molecule has 2 heterocycles. The van der Waals surface area contributed by atoms with Crippen LogP contribution in [0.1, 0.15) is 17.5 Å². The van der Waals surface area contributed by atoms with Crippen LogP contribution in [0.3, 0.4) is 0 Å². The Labute approximate surface area is 114 Å². The van der Waals surface area contributed by atoms with Gasteiger partial charge in [0.15, 0.2) is 0 Å². The number of methoxy groups -OCH3 is 1. The molecule has 7 heteroatoms. The zero-order valence-electron chi connectivity index (χ0n) is 11.1. The molecule has 0 saturated carbocycles. The zero-order chi connectivity index (χ0) is 14.8. The molecule has 0 spiro atoms. The predicted molar refractivity (Wildman–Crippen MR) is 65.4 cm³/mol. The Bertz CT molecular complexity index is 464. The molecule has 1 aromatic heterocycles. The van der Waals surface area contributed by atoms with Gasteiger partial charge in [0.2, 0.25) is 5.88 Å². The van der Waals surface area contributed by atoms with Gasteiger partial charge >= 0.3 is 6.18 Å². The van der Waals surface area contributed by atoms with Crippen molar-refractivity contribution in [2.24, 2.45) is 0 Å². The van der Waals surface area contributed by atoms with E-state index in [0.717, 1.165) is 6.07 Å². The largest absolute Gasteiger partial charge is 0.481 e. The first-order valence-electron chi connectivity index (χ1n) is 6.36. The van der Waals surface area contributed by atoms with E-state index in [9.17, 15) is 17.6 Å². The minimum absolute atomic E-state index is 0.0638. The van der Waals surface area contributed by atoms with Gasteiger partial charge in [-0.15, -0.1) is 0 Å². The smallest absolute Gasteiger partial charge is 0.416 e. The lowest BCUT2D eigenvalue weighted by molar-refractivity contribution is -0.138. The molecule has 0 radical (unpaired) electrons. The highest BCUT2D eigenvalue weighted by molar-refractivity contribution is 5.32. The minimum Gasteiger partial charge on any atom is -0.481 e. The number of halogens is 4. The lowest BCUT2D eigenvalue weighted by Crippen LogP contribution is -2.24. The van der Waals surface area contributed by atoms with E-state index in [1.54, 1.807) is 0 Å². The van der Waals surface area contributed by atoms with Crippen molar-refractivity contribution < 1.29 is 22.3 Å². The maximum absolute atomic E-state index is 13.0.